The number of hydrogen-bond acceptors (Lipinski definition) is 4. The smallest absolute Gasteiger partial charge is 0.323 e. The van der Waals surface area contributed by atoms with Crippen LogP contribution in [0.1, 0.15) is 36.0 Å². The second-order valence-corrected chi connectivity index (χ2v) is 6.18. The molecule has 1 N–H and O–H groups in total. The van der Waals surface area contributed by atoms with Gasteiger partial charge in [0.05, 0.1) is 5.39 Å². The highest BCUT2D eigenvalue weighted by atomic mass is 32.1. The second kappa shape index (κ2) is 5.01. The van der Waals surface area contributed by atoms with E-state index in [0.717, 1.165) is 36.1 Å². The van der Waals surface area contributed by atoms with E-state index in [4.69, 9.17) is 5.11 Å². The van der Waals surface area contributed by atoms with Crippen LogP contribution in [0.2, 0.25) is 0 Å². The SMILES string of the molecule is CCCc1nc2sc3c(c2c(=O)n1CC(=O)O)CCC3. The first-order valence-corrected chi connectivity index (χ1v) is 7.69. The predicted molar refractivity (Wildman–Crippen MR) is 77.5 cm³/mol. The molecule has 0 atom stereocenters. The molecule has 2 heterocycles. The standard InChI is InChI=1S/C14H16N2O3S/c1-2-4-10-15-13-12(8-5-3-6-9(8)20-13)14(19)16(10)7-11(17)18/h2-7H2,1H3,(H,17,18). The molecule has 0 aliphatic heterocycles. The summed E-state index contributed by atoms with van der Waals surface area (Å²) in [6.45, 7) is 1.69. The van der Waals surface area contributed by atoms with E-state index in [1.165, 1.54) is 9.44 Å². The van der Waals surface area contributed by atoms with Crippen LogP contribution < -0.4 is 5.56 Å². The van der Waals surface area contributed by atoms with Gasteiger partial charge in [-0.05, 0) is 31.2 Å². The van der Waals surface area contributed by atoms with Crippen LogP contribution in [-0.4, -0.2) is 20.6 Å². The number of carboxylic acids is 1. The number of carboxylic acid groups (broad SMARTS) is 1. The van der Waals surface area contributed by atoms with Crippen molar-refractivity contribution in [1.29, 1.82) is 0 Å². The zero-order valence-electron chi connectivity index (χ0n) is 11.3. The van der Waals surface area contributed by atoms with Gasteiger partial charge < -0.3 is 5.11 Å². The highest BCUT2D eigenvalue weighted by molar-refractivity contribution is 7.18. The minimum absolute atomic E-state index is 0.180. The Morgan fingerprint density at radius 2 is 2.25 bits per heavy atom. The summed E-state index contributed by atoms with van der Waals surface area (Å²) in [5.74, 6) is -0.412. The monoisotopic (exact) mass is 292 g/mol. The van der Waals surface area contributed by atoms with Crippen LogP contribution in [0.4, 0.5) is 0 Å². The van der Waals surface area contributed by atoms with E-state index in [1.807, 2.05) is 6.92 Å². The molecular formula is C14H16N2O3S. The molecule has 106 valence electrons. The molecule has 0 radical (unpaired) electrons. The van der Waals surface area contributed by atoms with Crippen LogP contribution in [0.3, 0.4) is 0 Å². The van der Waals surface area contributed by atoms with Crippen LogP contribution in [-0.2, 0) is 30.6 Å². The molecule has 0 bridgehead atoms. The average Bonchev–Trinajstić information content (AvgIpc) is 2.93. The first-order chi connectivity index (χ1) is 9.61. The Morgan fingerprint density at radius 3 is 2.95 bits per heavy atom. The van der Waals surface area contributed by atoms with E-state index < -0.39 is 5.97 Å². The third-order valence-corrected chi connectivity index (χ3v) is 4.86. The summed E-state index contributed by atoms with van der Waals surface area (Å²) in [6, 6.07) is 0. The van der Waals surface area contributed by atoms with Gasteiger partial charge in [-0.3, -0.25) is 14.2 Å². The van der Waals surface area contributed by atoms with E-state index in [-0.39, 0.29) is 12.1 Å². The summed E-state index contributed by atoms with van der Waals surface area (Å²) in [5.41, 5.74) is 0.921. The van der Waals surface area contributed by atoms with Crippen molar-refractivity contribution in [1.82, 2.24) is 9.55 Å². The Kier molecular flexibility index (Phi) is 3.33. The van der Waals surface area contributed by atoms with Crippen molar-refractivity contribution in [2.75, 3.05) is 0 Å². The fourth-order valence-electron chi connectivity index (χ4n) is 2.83. The summed E-state index contributed by atoms with van der Waals surface area (Å²) in [6.07, 6.45) is 4.46. The van der Waals surface area contributed by atoms with Gasteiger partial charge >= 0.3 is 5.97 Å². The molecule has 5 nitrogen and oxygen atoms in total. The molecule has 3 rings (SSSR count). The number of fused-ring (bicyclic) bond motifs is 3. The van der Waals surface area contributed by atoms with Crippen molar-refractivity contribution in [2.24, 2.45) is 0 Å². The van der Waals surface area contributed by atoms with Gasteiger partial charge in [-0.15, -0.1) is 11.3 Å². The summed E-state index contributed by atoms with van der Waals surface area (Å²) in [5, 5.41) is 9.67. The van der Waals surface area contributed by atoms with E-state index in [1.54, 1.807) is 11.3 Å². The van der Waals surface area contributed by atoms with Crippen molar-refractivity contribution in [3.05, 3.63) is 26.6 Å². The first-order valence-electron chi connectivity index (χ1n) is 6.87. The van der Waals surface area contributed by atoms with Crippen molar-refractivity contribution in [3.63, 3.8) is 0 Å². The maximum absolute atomic E-state index is 12.6. The second-order valence-electron chi connectivity index (χ2n) is 5.10. The topological polar surface area (TPSA) is 72.2 Å². The van der Waals surface area contributed by atoms with Crippen LogP contribution in [0.25, 0.3) is 10.2 Å². The molecule has 0 unspecified atom stereocenters. The fraction of sp³-hybridized carbons (Fsp3) is 0.500. The lowest BCUT2D eigenvalue weighted by Crippen LogP contribution is -2.28. The minimum Gasteiger partial charge on any atom is -0.480 e. The Bertz CT molecular complexity index is 745. The van der Waals surface area contributed by atoms with Gasteiger partial charge in [-0.25, -0.2) is 4.98 Å². The van der Waals surface area contributed by atoms with Gasteiger partial charge in [0.25, 0.3) is 5.56 Å². The van der Waals surface area contributed by atoms with E-state index >= 15 is 0 Å². The Labute approximate surface area is 119 Å². The number of thiophene rings is 1. The lowest BCUT2D eigenvalue weighted by molar-refractivity contribution is -0.137. The van der Waals surface area contributed by atoms with Crippen molar-refractivity contribution < 1.29 is 9.90 Å². The van der Waals surface area contributed by atoms with Gasteiger partial charge in [-0.1, -0.05) is 6.92 Å². The predicted octanol–water partition coefficient (Wildman–Crippen LogP) is 1.98. The number of nitrogens with zero attached hydrogens (tertiary/aromatic N) is 2. The summed E-state index contributed by atoms with van der Waals surface area (Å²) >= 11 is 1.60. The molecule has 2 aromatic rings. The largest absolute Gasteiger partial charge is 0.480 e. The average molecular weight is 292 g/mol. The fourth-order valence-corrected chi connectivity index (χ4v) is 4.10. The zero-order chi connectivity index (χ0) is 14.3. The van der Waals surface area contributed by atoms with Crippen LogP contribution in [0.5, 0.6) is 0 Å². The Morgan fingerprint density at radius 1 is 1.45 bits per heavy atom. The number of aryl methyl sites for hydroxylation is 3. The Balaban J connectivity index is 2.27. The minimum atomic E-state index is -1.00. The molecule has 0 spiro atoms. The number of aromatic nitrogens is 2. The molecule has 20 heavy (non-hydrogen) atoms. The highest BCUT2D eigenvalue weighted by Crippen LogP contribution is 2.34. The molecule has 6 heteroatoms. The molecule has 0 aromatic carbocycles. The molecule has 1 aliphatic carbocycles. The summed E-state index contributed by atoms with van der Waals surface area (Å²) in [4.78, 5) is 30.2. The van der Waals surface area contributed by atoms with Crippen molar-refractivity contribution in [2.45, 2.75) is 45.6 Å². The molecule has 0 amide bonds. The number of carbonyl (C=O) groups is 1. The maximum Gasteiger partial charge on any atom is 0.323 e. The molecule has 0 saturated heterocycles. The molecule has 1 aliphatic rings. The lowest BCUT2D eigenvalue weighted by Gasteiger charge is -2.09. The molecular weight excluding hydrogens is 276 g/mol. The van der Waals surface area contributed by atoms with Crippen LogP contribution >= 0.6 is 11.3 Å². The van der Waals surface area contributed by atoms with Crippen molar-refractivity contribution in [3.8, 4) is 0 Å². The third kappa shape index (κ3) is 2.04. The van der Waals surface area contributed by atoms with E-state index in [2.05, 4.69) is 4.98 Å². The first kappa shape index (κ1) is 13.3. The van der Waals surface area contributed by atoms with Gasteiger partial charge in [0, 0.05) is 11.3 Å². The molecule has 0 saturated carbocycles. The molecule has 2 aromatic heterocycles. The van der Waals surface area contributed by atoms with E-state index in [0.29, 0.717) is 17.6 Å². The summed E-state index contributed by atoms with van der Waals surface area (Å²) in [7, 11) is 0. The Hall–Kier alpha value is -1.69. The number of hydrogen-bond donors (Lipinski definition) is 1. The zero-order valence-corrected chi connectivity index (χ0v) is 12.1. The van der Waals surface area contributed by atoms with Crippen LogP contribution in [0.15, 0.2) is 4.79 Å². The van der Waals surface area contributed by atoms with Crippen LogP contribution in [0, 0.1) is 0 Å². The van der Waals surface area contributed by atoms with Crippen molar-refractivity contribution >= 4 is 27.5 Å². The normalized spacial score (nSPS) is 13.8. The summed E-state index contributed by atoms with van der Waals surface area (Å²) < 4.78 is 1.33. The van der Waals surface area contributed by atoms with Gasteiger partial charge in [0.2, 0.25) is 0 Å². The molecule has 0 fully saturated rings. The van der Waals surface area contributed by atoms with Gasteiger partial charge in [0.15, 0.2) is 0 Å². The van der Waals surface area contributed by atoms with E-state index in [9.17, 15) is 9.59 Å². The third-order valence-electron chi connectivity index (χ3n) is 3.67. The quantitative estimate of drug-likeness (QED) is 0.935. The van der Waals surface area contributed by atoms with Gasteiger partial charge in [-0.2, -0.15) is 0 Å². The highest BCUT2D eigenvalue weighted by Gasteiger charge is 2.23. The lowest BCUT2D eigenvalue weighted by atomic mass is 10.2. The number of aliphatic carboxylic acids is 1. The number of rotatable bonds is 4. The maximum atomic E-state index is 12.6. The van der Waals surface area contributed by atoms with Gasteiger partial charge in [0.1, 0.15) is 17.2 Å².